The average molecular weight is 258 g/mol. The molecule has 4 N–H and O–H groups in total. The third kappa shape index (κ3) is 4.27. The molecule has 1 fully saturated rings. The van der Waals surface area contributed by atoms with Gasteiger partial charge in [0, 0.05) is 13.1 Å². The predicted octanol–water partition coefficient (Wildman–Crippen LogP) is 0.113. The molecule has 0 aromatic rings. The molecule has 0 aromatic carbocycles. The largest absolute Gasteiger partial charge is 0.481 e. The van der Waals surface area contributed by atoms with E-state index in [1.54, 1.807) is 0 Å². The molecule has 1 rings (SSSR count). The number of carboxylic acids is 1. The van der Waals surface area contributed by atoms with E-state index in [1.807, 2.05) is 0 Å². The van der Waals surface area contributed by atoms with Gasteiger partial charge in [0.2, 0.25) is 5.91 Å². The maximum Gasteiger partial charge on any atom is 0.311 e. The van der Waals surface area contributed by atoms with E-state index in [-0.39, 0.29) is 19.1 Å². The third-order valence-electron chi connectivity index (χ3n) is 3.38. The summed E-state index contributed by atoms with van der Waals surface area (Å²) in [6, 6.07) is 0. The molecule has 0 atom stereocenters. The van der Waals surface area contributed by atoms with Crippen LogP contribution in [0.1, 0.15) is 32.1 Å². The molecule has 0 aromatic heterocycles. The molecule has 104 valence electrons. The Balaban J connectivity index is 2.38. The van der Waals surface area contributed by atoms with Crippen molar-refractivity contribution in [2.24, 2.45) is 11.1 Å². The van der Waals surface area contributed by atoms with Gasteiger partial charge < -0.3 is 20.9 Å². The van der Waals surface area contributed by atoms with Crippen molar-refractivity contribution in [3.63, 3.8) is 0 Å². The summed E-state index contributed by atoms with van der Waals surface area (Å²) < 4.78 is 4.99. The van der Waals surface area contributed by atoms with Crippen molar-refractivity contribution >= 4 is 11.9 Å². The zero-order chi connectivity index (χ0) is 13.4. The molecular weight excluding hydrogens is 236 g/mol. The highest BCUT2D eigenvalue weighted by molar-refractivity contribution is 5.79. The van der Waals surface area contributed by atoms with Crippen LogP contribution in [0.2, 0.25) is 0 Å². The summed E-state index contributed by atoms with van der Waals surface area (Å²) in [4.78, 5) is 22.8. The number of amides is 1. The van der Waals surface area contributed by atoms with Crippen LogP contribution in [0.5, 0.6) is 0 Å². The average Bonchev–Trinajstić information content (AvgIpc) is 2.37. The number of ether oxygens (including phenoxy) is 1. The third-order valence-corrected chi connectivity index (χ3v) is 3.38. The Morgan fingerprint density at radius 1 is 1.28 bits per heavy atom. The Bertz CT molecular complexity index is 288. The quantitative estimate of drug-likeness (QED) is 0.563. The van der Waals surface area contributed by atoms with Crippen molar-refractivity contribution < 1.29 is 19.4 Å². The molecule has 0 unspecified atom stereocenters. The Morgan fingerprint density at radius 2 is 1.94 bits per heavy atom. The van der Waals surface area contributed by atoms with E-state index in [0.29, 0.717) is 26.0 Å². The molecule has 1 amide bonds. The second-order valence-corrected chi connectivity index (χ2v) is 4.76. The molecule has 1 aliphatic carbocycles. The minimum absolute atomic E-state index is 0.0626. The van der Waals surface area contributed by atoms with E-state index in [9.17, 15) is 14.7 Å². The van der Waals surface area contributed by atoms with Crippen LogP contribution in [-0.4, -0.2) is 43.3 Å². The number of nitrogens with two attached hydrogens (primary N) is 1. The van der Waals surface area contributed by atoms with E-state index in [0.717, 1.165) is 19.3 Å². The van der Waals surface area contributed by atoms with Crippen LogP contribution in [0.3, 0.4) is 0 Å². The number of aliphatic carboxylic acids is 1. The number of carboxylic acid groups (broad SMARTS) is 1. The lowest BCUT2D eigenvalue weighted by atomic mass is 9.74. The maximum absolute atomic E-state index is 11.5. The van der Waals surface area contributed by atoms with E-state index >= 15 is 0 Å². The Hall–Kier alpha value is -1.14. The number of nitrogens with one attached hydrogen (secondary N) is 1. The molecule has 0 radical (unpaired) electrons. The van der Waals surface area contributed by atoms with Gasteiger partial charge in [-0.2, -0.15) is 0 Å². The zero-order valence-corrected chi connectivity index (χ0v) is 10.6. The summed E-state index contributed by atoms with van der Waals surface area (Å²) >= 11 is 0. The maximum atomic E-state index is 11.5. The SMILES string of the molecule is NCCOCC(=O)NCC1(C(=O)O)CCCCC1. The van der Waals surface area contributed by atoms with Crippen LogP contribution in [-0.2, 0) is 14.3 Å². The zero-order valence-electron chi connectivity index (χ0n) is 10.6. The van der Waals surface area contributed by atoms with Crippen LogP contribution < -0.4 is 11.1 Å². The highest BCUT2D eigenvalue weighted by atomic mass is 16.5. The first-order valence-corrected chi connectivity index (χ1v) is 6.39. The molecule has 0 heterocycles. The van der Waals surface area contributed by atoms with E-state index in [4.69, 9.17) is 10.5 Å². The number of hydrogen-bond acceptors (Lipinski definition) is 4. The van der Waals surface area contributed by atoms with Gasteiger partial charge in [0.1, 0.15) is 6.61 Å². The van der Waals surface area contributed by atoms with Crippen molar-refractivity contribution in [2.45, 2.75) is 32.1 Å². The van der Waals surface area contributed by atoms with Gasteiger partial charge in [-0.25, -0.2) is 0 Å². The van der Waals surface area contributed by atoms with E-state index in [2.05, 4.69) is 5.32 Å². The summed E-state index contributed by atoms with van der Waals surface area (Å²) in [6.07, 6.45) is 4.15. The highest BCUT2D eigenvalue weighted by Gasteiger charge is 2.39. The van der Waals surface area contributed by atoms with E-state index in [1.165, 1.54) is 0 Å². The van der Waals surface area contributed by atoms with E-state index < -0.39 is 11.4 Å². The lowest BCUT2D eigenvalue weighted by molar-refractivity contribution is -0.151. The van der Waals surface area contributed by atoms with Crippen LogP contribution in [0, 0.1) is 5.41 Å². The van der Waals surface area contributed by atoms with Crippen molar-refractivity contribution in [2.75, 3.05) is 26.3 Å². The van der Waals surface area contributed by atoms with Gasteiger partial charge in [0.15, 0.2) is 0 Å². The second-order valence-electron chi connectivity index (χ2n) is 4.76. The van der Waals surface area contributed by atoms with Gasteiger partial charge in [-0.3, -0.25) is 9.59 Å². The molecule has 0 saturated heterocycles. The van der Waals surface area contributed by atoms with Crippen LogP contribution in [0.4, 0.5) is 0 Å². The summed E-state index contributed by atoms with van der Waals surface area (Å²) in [5, 5.41) is 12.0. The van der Waals surface area contributed by atoms with Gasteiger partial charge in [-0.05, 0) is 12.8 Å². The molecule has 0 bridgehead atoms. The van der Waals surface area contributed by atoms with Crippen molar-refractivity contribution in [3.05, 3.63) is 0 Å². The van der Waals surface area contributed by atoms with Crippen molar-refractivity contribution in [3.8, 4) is 0 Å². The Morgan fingerprint density at radius 3 is 2.50 bits per heavy atom. The van der Waals surface area contributed by atoms with Gasteiger partial charge >= 0.3 is 5.97 Å². The fourth-order valence-corrected chi connectivity index (χ4v) is 2.26. The Labute approximate surface area is 107 Å². The van der Waals surface area contributed by atoms with Crippen LogP contribution in [0.25, 0.3) is 0 Å². The lowest BCUT2D eigenvalue weighted by Crippen LogP contribution is -2.45. The molecule has 0 spiro atoms. The normalized spacial score (nSPS) is 18.3. The number of rotatable bonds is 7. The van der Waals surface area contributed by atoms with Crippen LogP contribution >= 0.6 is 0 Å². The first kappa shape index (κ1) is 14.9. The summed E-state index contributed by atoms with van der Waals surface area (Å²) in [7, 11) is 0. The molecule has 6 heteroatoms. The summed E-state index contributed by atoms with van der Waals surface area (Å²) in [5.74, 6) is -1.10. The van der Waals surface area contributed by atoms with Gasteiger partial charge in [0.05, 0.1) is 12.0 Å². The lowest BCUT2D eigenvalue weighted by Gasteiger charge is -2.33. The highest BCUT2D eigenvalue weighted by Crippen LogP contribution is 2.35. The standard InChI is InChI=1S/C12H22N2O4/c13-6-7-18-8-10(15)14-9-12(11(16)17)4-2-1-3-5-12/h1-9,13H2,(H,14,15)(H,16,17). The monoisotopic (exact) mass is 258 g/mol. The first-order chi connectivity index (χ1) is 8.60. The van der Waals surface area contributed by atoms with Crippen molar-refractivity contribution in [1.82, 2.24) is 5.32 Å². The molecular formula is C12H22N2O4. The fraction of sp³-hybridized carbons (Fsp3) is 0.833. The fourth-order valence-electron chi connectivity index (χ4n) is 2.26. The molecule has 0 aliphatic heterocycles. The van der Waals surface area contributed by atoms with Gasteiger partial charge in [0.25, 0.3) is 0 Å². The smallest absolute Gasteiger partial charge is 0.311 e. The predicted molar refractivity (Wildman–Crippen MR) is 66.0 cm³/mol. The molecule has 1 saturated carbocycles. The summed E-state index contributed by atoms with van der Waals surface area (Å²) in [6.45, 7) is 0.823. The topological polar surface area (TPSA) is 102 Å². The minimum Gasteiger partial charge on any atom is -0.481 e. The van der Waals surface area contributed by atoms with Gasteiger partial charge in [-0.15, -0.1) is 0 Å². The molecule has 18 heavy (non-hydrogen) atoms. The molecule has 1 aliphatic rings. The van der Waals surface area contributed by atoms with Gasteiger partial charge in [-0.1, -0.05) is 19.3 Å². The number of carbonyl (C=O) groups is 2. The number of carbonyl (C=O) groups excluding carboxylic acids is 1. The number of hydrogen-bond donors (Lipinski definition) is 3. The summed E-state index contributed by atoms with van der Waals surface area (Å²) in [5.41, 5.74) is 4.44. The minimum atomic E-state index is -0.814. The van der Waals surface area contributed by atoms with Crippen molar-refractivity contribution in [1.29, 1.82) is 0 Å². The second kappa shape index (κ2) is 7.33. The molecule has 6 nitrogen and oxygen atoms in total. The first-order valence-electron chi connectivity index (χ1n) is 6.39. The van der Waals surface area contributed by atoms with Crippen LogP contribution in [0.15, 0.2) is 0 Å². The Kier molecular flexibility index (Phi) is 6.07.